The van der Waals surface area contributed by atoms with Crippen LogP contribution in [0.5, 0.6) is 0 Å². The maximum absolute atomic E-state index is 11.5. The van der Waals surface area contributed by atoms with Crippen LogP contribution >= 0.6 is 0 Å². The normalized spacial score (nSPS) is 28.6. The molecule has 1 aromatic heterocycles. The molecule has 0 radical (unpaired) electrons. The fourth-order valence-corrected chi connectivity index (χ4v) is 2.30. The quantitative estimate of drug-likeness (QED) is 0.828. The average molecular weight is 234 g/mol. The molecule has 1 saturated carbocycles. The van der Waals surface area contributed by atoms with Crippen molar-refractivity contribution in [1.29, 1.82) is 5.26 Å². The molecule has 1 aliphatic carbocycles. The highest BCUT2D eigenvalue weighted by molar-refractivity contribution is 5.76. The highest BCUT2D eigenvalue weighted by atomic mass is 16.4. The average Bonchev–Trinajstić information content (AvgIpc) is 2.79. The molecule has 1 aromatic rings. The number of carbonyl (C=O) groups is 1. The lowest BCUT2D eigenvalue weighted by Crippen LogP contribution is -2.45. The molecule has 1 fully saturated rings. The molecule has 0 spiro atoms. The van der Waals surface area contributed by atoms with Crippen LogP contribution in [0.3, 0.4) is 0 Å². The molecule has 6 heteroatoms. The first kappa shape index (κ1) is 11.6. The predicted molar refractivity (Wildman–Crippen MR) is 58.0 cm³/mol. The zero-order valence-electron chi connectivity index (χ0n) is 9.63. The molecule has 0 amide bonds. The molecular weight excluding hydrogens is 220 g/mol. The van der Waals surface area contributed by atoms with Crippen LogP contribution in [0.25, 0.3) is 0 Å². The third-order valence-electron chi connectivity index (χ3n) is 3.53. The van der Waals surface area contributed by atoms with Gasteiger partial charge in [0.2, 0.25) is 0 Å². The van der Waals surface area contributed by atoms with Crippen LogP contribution in [0.15, 0.2) is 6.33 Å². The highest BCUT2D eigenvalue weighted by Gasteiger charge is 2.44. The lowest BCUT2D eigenvalue weighted by atomic mass is 9.77. The van der Waals surface area contributed by atoms with Gasteiger partial charge >= 0.3 is 5.97 Å². The van der Waals surface area contributed by atoms with Crippen molar-refractivity contribution in [2.24, 2.45) is 5.92 Å². The molecule has 0 unspecified atom stereocenters. The molecule has 2 rings (SSSR count). The van der Waals surface area contributed by atoms with Crippen LogP contribution in [0.4, 0.5) is 0 Å². The molecule has 1 N–H and O–H groups in total. The van der Waals surface area contributed by atoms with Crippen molar-refractivity contribution in [2.45, 2.75) is 38.1 Å². The van der Waals surface area contributed by atoms with Crippen molar-refractivity contribution in [2.75, 3.05) is 0 Å². The number of rotatable bonds is 2. The van der Waals surface area contributed by atoms with Gasteiger partial charge in [0.05, 0.1) is 0 Å². The lowest BCUT2D eigenvalue weighted by Gasteiger charge is -2.35. The number of hydrogen-bond acceptors (Lipinski definition) is 4. The van der Waals surface area contributed by atoms with Crippen LogP contribution in [-0.4, -0.2) is 25.8 Å². The number of aliphatic carboxylic acids is 1. The van der Waals surface area contributed by atoms with E-state index >= 15 is 0 Å². The maximum Gasteiger partial charge on any atom is 0.331 e. The lowest BCUT2D eigenvalue weighted by molar-refractivity contribution is -0.150. The van der Waals surface area contributed by atoms with Crippen molar-refractivity contribution in [3.8, 4) is 6.07 Å². The van der Waals surface area contributed by atoms with E-state index in [1.54, 1.807) is 0 Å². The highest BCUT2D eigenvalue weighted by Crippen LogP contribution is 2.37. The summed E-state index contributed by atoms with van der Waals surface area (Å²) in [6.07, 6.45) is 4.14. The van der Waals surface area contributed by atoms with Crippen molar-refractivity contribution < 1.29 is 9.90 Å². The molecule has 0 saturated heterocycles. The van der Waals surface area contributed by atoms with Gasteiger partial charge in [-0.25, -0.2) is 14.5 Å². The van der Waals surface area contributed by atoms with Crippen LogP contribution in [-0.2, 0) is 10.3 Å². The Hall–Kier alpha value is -1.90. The molecule has 0 aliphatic heterocycles. The van der Waals surface area contributed by atoms with Crippen molar-refractivity contribution in [1.82, 2.24) is 14.8 Å². The van der Waals surface area contributed by atoms with E-state index in [1.807, 2.05) is 6.07 Å². The Bertz CT molecular complexity index is 466. The zero-order valence-corrected chi connectivity index (χ0v) is 9.63. The van der Waals surface area contributed by atoms with E-state index in [1.165, 1.54) is 11.0 Å². The molecule has 1 aliphatic rings. The summed E-state index contributed by atoms with van der Waals surface area (Å²) < 4.78 is 1.35. The molecule has 17 heavy (non-hydrogen) atoms. The van der Waals surface area contributed by atoms with Crippen LogP contribution in [0.2, 0.25) is 0 Å². The van der Waals surface area contributed by atoms with Crippen molar-refractivity contribution in [3.05, 3.63) is 12.2 Å². The van der Waals surface area contributed by atoms with Gasteiger partial charge in [-0.15, -0.1) is 5.10 Å². The Balaban J connectivity index is 2.35. The minimum Gasteiger partial charge on any atom is -0.479 e. The van der Waals surface area contributed by atoms with Gasteiger partial charge in [0.1, 0.15) is 12.4 Å². The second kappa shape index (κ2) is 4.17. The van der Waals surface area contributed by atoms with E-state index in [2.05, 4.69) is 17.0 Å². The van der Waals surface area contributed by atoms with Crippen LogP contribution in [0, 0.1) is 17.2 Å². The number of carboxylic acids is 1. The second-order valence-corrected chi connectivity index (χ2v) is 4.64. The third-order valence-corrected chi connectivity index (χ3v) is 3.53. The molecule has 0 atom stereocenters. The Kier molecular flexibility index (Phi) is 2.84. The number of nitrogens with zero attached hydrogens (tertiary/aromatic N) is 4. The molecular formula is C11H14N4O2. The van der Waals surface area contributed by atoms with Crippen LogP contribution in [0.1, 0.15) is 38.4 Å². The monoisotopic (exact) mass is 234 g/mol. The number of nitriles is 1. The summed E-state index contributed by atoms with van der Waals surface area (Å²) in [5, 5.41) is 22.1. The summed E-state index contributed by atoms with van der Waals surface area (Å²) in [4.78, 5) is 15.3. The molecule has 1 heterocycles. The standard InChI is InChI=1S/C11H14N4O2/c1-8-2-4-11(5-3-8,10(16)17)15-7-13-9(6-12)14-15/h7-8H,2-5H2,1H3,(H,16,17). The van der Waals surface area contributed by atoms with Gasteiger partial charge in [0.15, 0.2) is 5.54 Å². The first-order valence-electron chi connectivity index (χ1n) is 5.64. The summed E-state index contributed by atoms with van der Waals surface area (Å²) in [7, 11) is 0. The SMILES string of the molecule is CC1CCC(C(=O)O)(n2cnc(C#N)n2)CC1. The summed E-state index contributed by atoms with van der Waals surface area (Å²) >= 11 is 0. The number of hydrogen-bond donors (Lipinski definition) is 1. The van der Waals surface area contributed by atoms with Gasteiger partial charge in [-0.05, 0) is 31.6 Å². The van der Waals surface area contributed by atoms with Gasteiger partial charge in [0.25, 0.3) is 5.82 Å². The van der Waals surface area contributed by atoms with E-state index in [-0.39, 0.29) is 5.82 Å². The number of carboxylic acid groups (broad SMARTS) is 1. The minimum absolute atomic E-state index is 0.0178. The van der Waals surface area contributed by atoms with E-state index in [0.717, 1.165) is 12.8 Å². The number of aromatic nitrogens is 3. The smallest absolute Gasteiger partial charge is 0.331 e. The Labute approximate surface area is 98.9 Å². The second-order valence-electron chi connectivity index (χ2n) is 4.64. The van der Waals surface area contributed by atoms with E-state index < -0.39 is 11.5 Å². The molecule has 0 bridgehead atoms. The summed E-state index contributed by atoms with van der Waals surface area (Å²) in [5.41, 5.74) is -1.02. The van der Waals surface area contributed by atoms with Gasteiger partial charge in [-0.2, -0.15) is 5.26 Å². The molecule has 6 nitrogen and oxygen atoms in total. The van der Waals surface area contributed by atoms with Crippen LogP contribution < -0.4 is 0 Å². The minimum atomic E-state index is -1.02. The Morgan fingerprint density at radius 3 is 2.76 bits per heavy atom. The first-order chi connectivity index (χ1) is 8.08. The topological polar surface area (TPSA) is 91.8 Å². The Morgan fingerprint density at radius 2 is 2.29 bits per heavy atom. The molecule has 90 valence electrons. The van der Waals surface area contributed by atoms with Crippen molar-refractivity contribution >= 4 is 5.97 Å². The predicted octanol–water partition coefficient (Wildman–Crippen LogP) is 1.14. The fraction of sp³-hybridized carbons (Fsp3) is 0.636. The first-order valence-corrected chi connectivity index (χ1v) is 5.64. The van der Waals surface area contributed by atoms with Gasteiger partial charge in [-0.1, -0.05) is 6.92 Å². The Morgan fingerprint density at radius 1 is 1.65 bits per heavy atom. The van der Waals surface area contributed by atoms with E-state index in [4.69, 9.17) is 5.26 Å². The maximum atomic E-state index is 11.5. The summed E-state index contributed by atoms with van der Waals surface area (Å²) in [6.45, 7) is 2.12. The van der Waals surface area contributed by atoms with Crippen molar-refractivity contribution in [3.63, 3.8) is 0 Å². The van der Waals surface area contributed by atoms with Gasteiger partial charge < -0.3 is 5.11 Å². The summed E-state index contributed by atoms with van der Waals surface area (Å²) in [5.74, 6) is -0.329. The fourth-order valence-electron chi connectivity index (χ4n) is 2.30. The summed E-state index contributed by atoms with van der Waals surface area (Å²) in [6, 6.07) is 1.82. The van der Waals surface area contributed by atoms with Gasteiger partial charge in [-0.3, -0.25) is 0 Å². The molecule has 0 aromatic carbocycles. The van der Waals surface area contributed by atoms with E-state index in [0.29, 0.717) is 18.8 Å². The van der Waals surface area contributed by atoms with E-state index in [9.17, 15) is 9.90 Å². The zero-order chi connectivity index (χ0) is 12.5. The third kappa shape index (κ3) is 1.88. The van der Waals surface area contributed by atoms with Gasteiger partial charge in [0, 0.05) is 0 Å². The largest absolute Gasteiger partial charge is 0.479 e.